The number of amides is 5. The molecule has 1 aromatic carbocycles. The highest BCUT2D eigenvalue weighted by atomic mass is 16.6. The Kier molecular flexibility index (Phi) is 34.8. The molecule has 0 saturated carbocycles. The summed E-state index contributed by atoms with van der Waals surface area (Å²) in [6.07, 6.45) is 1.62. The first-order chi connectivity index (χ1) is 34.7. The van der Waals surface area contributed by atoms with Crippen LogP contribution in [0.15, 0.2) is 30.1 Å². The Morgan fingerprint density at radius 3 is 1.75 bits per heavy atom. The fourth-order valence-electron chi connectivity index (χ4n) is 6.33. The van der Waals surface area contributed by atoms with Crippen LogP contribution in [0, 0.1) is 11.8 Å². The third-order valence-corrected chi connectivity index (χ3v) is 10.2. The molecule has 5 amide bonds. The number of carboxylic acids is 1. The average Bonchev–Trinajstić information content (AvgIpc) is 3.58. The van der Waals surface area contributed by atoms with Crippen molar-refractivity contribution in [1.29, 1.82) is 0 Å². The number of carboxylic acid groups (broad SMARTS) is 1. The summed E-state index contributed by atoms with van der Waals surface area (Å²) >= 11 is 0. The fraction of sp³-hybridized carbons (Fsp3) is 0.702. The van der Waals surface area contributed by atoms with Gasteiger partial charge in [-0.15, -0.1) is 0 Å². The molecule has 0 bridgehead atoms. The number of carbonyl (C=O) groups is 6. The van der Waals surface area contributed by atoms with Crippen molar-refractivity contribution in [3.8, 4) is 0 Å². The van der Waals surface area contributed by atoms with Crippen LogP contribution in [0.4, 0.5) is 5.69 Å². The topological polar surface area (TPSA) is 330 Å². The lowest BCUT2D eigenvalue weighted by Crippen LogP contribution is -2.51. The molecule has 0 aromatic heterocycles. The molecule has 0 aliphatic carbocycles. The zero-order valence-corrected chi connectivity index (χ0v) is 42.1. The molecule has 410 valence electrons. The molecule has 0 spiro atoms. The van der Waals surface area contributed by atoms with Gasteiger partial charge in [0.25, 0.3) is 0 Å². The van der Waals surface area contributed by atoms with E-state index in [1.807, 2.05) is 0 Å². The minimum Gasteiger partial charge on any atom is -0.481 e. The highest BCUT2D eigenvalue weighted by Gasteiger charge is 2.35. The van der Waals surface area contributed by atoms with Crippen LogP contribution in [0.3, 0.4) is 0 Å². The first-order valence-electron chi connectivity index (χ1n) is 24.1. The Hall–Kier alpha value is -4.90. The third-order valence-electron chi connectivity index (χ3n) is 10.2. The van der Waals surface area contributed by atoms with E-state index in [1.54, 1.807) is 39.0 Å². The van der Waals surface area contributed by atoms with Gasteiger partial charge in [0, 0.05) is 30.6 Å². The minimum atomic E-state index is -0.918. The molecule has 2 unspecified atom stereocenters. The zero-order valence-electron chi connectivity index (χ0n) is 42.1. The smallest absolute Gasteiger partial charge is 0.305 e. The molecule has 1 aromatic rings. The lowest BCUT2D eigenvalue weighted by Gasteiger charge is -2.22. The van der Waals surface area contributed by atoms with Crippen molar-refractivity contribution in [2.45, 2.75) is 59.3 Å². The van der Waals surface area contributed by atoms with Gasteiger partial charge < -0.3 is 84.3 Å². The standard InChI is InChI=1S/C47H79N7O18/c1-35(2)45(52-41(56)6-10-63-13-9-54-43(58)28-36(3)47(54)62)46(61)50-30-42(57)51-40-5-4-37(32-55)38(29-40)33-72-34-39(48)31-53(49)8-12-65-15-17-67-19-21-69-23-25-71-27-26-70-24-22-68-20-18-66-16-14-64-11-7-44(59)60/h4-5,29,31,35-36,45,55H,6-28,30,32-34,48-49H2,1-3H3,(H,50,61)(H,51,57)(H,52,56)(H,59,60)/b39-31-. The maximum Gasteiger partial charge on any atom is 0.305 e. The number of benzene rings is 1. The lowest BCUT2D eigenvalue weighted by molar-refractivity contribution is -0.140. The maximum absolute atomic E-state index is 13.0. The molecular formula is C47H79N7O18. The van der Waals surface area contributed by atoms with E-state index in [1.165, 1.54) is 11.2 Å². The summed E-state index contributed by atoms with van der Waals surface area (Å²) in [6.45, 7) is 11.4. The molecule has 25 nitrogen and oxygen atoms in total. The van der Waals surface area contributed by atoms with Crippen LogP contribution < -0.4 is 27.5 Å². The summed E-state index contributed by atoms with van der Waals surface area (Å²) < 4.78 is 54.6. The van der Waals surface area contributed by atoms with Gasteiger partial charge >= 0.3 is 5.97 Å². The minimum absolute atomic E-state index is 0.0234. The first-order valence-corrected chi connectivity index (χ1v) is 24.1. The molecule has 9 N–H and O–H groups in total. The van der Waals surface area contributed by atoms with E-state index in [4.69, 9.17) is 64.1 Å². The van der Waals surface area contributed by atoms with Crippen molar-refractivity contribution in [3.05, 3.63) is 41.2 Å². The molecule has 1 aliphatic rings. The average molecular weight is 1030 g/mol. The third kappa shape index (κ3) is 30.2. The number of aliphatic carboxylic acids is 1. The summed E-state index contributed by atoms with van der Waals surface area (Å²) in [6, 6.07) is 3.97. The van der Waals surface area contributed by atoms with Gasteiger partial charge in [-0.1, -0.05) is 26.8 Å². The van der Waals surface area contributed by atoms with Crippen molar-refractivity contribution in [2.75, 3.05) is 150 Å². The summed E-state index contributed by atoms with van der Waals surface area (Å²) in [5.41, 5.74) is 8.03. The van der Waals surface area contributed by atoms with Gasteiger partial charge in [-0.25, -0.2) is 5.84 Å². The SMILES string of the molecule is CC1CC(=O)N(CCOCCC(=O)NC(C(=O)NCC(=O)Nc2ccc(CO)c(COC/C(N)=C/N(N)CCOCCOCCOCCOCCOCCOCCOCCOCCC(=O)O)c2)C(C)C)C1=O. The molecule has 1 heterocycles. The van der Waals surface area contributed by atoms with Crippen LogP contribution in [0.2, 0.25) is 0 Å². The van der Waals surface area contributed by atoms with Gasteiger partial charge in [-0.2, -0.15) is 0 Å². The molecule has 1 saturated heterocycles. The highest BCUT2D eigenvalue weighted by Crippen LogP contribution is 2.19. The number of anilines is 1. The fourth-order valence-corrected chi connectivity index (χ4v) is 6.33. The number of nitrogens with one attached hydrogen (secondary N) is 3. The van der Waals surface area contributed by atoms with Crippen molar-refractivity contribution < 1.29 is 86.3 Å². The van der Waals surface area contributed by atoms with E-state index >= 15 is 0 Å². The Balaban J connectivity index is 1.49. The molecular weight excluding hydrogens is 951 g/mol. The number of likely N-dealkylation sites (tertiary alicyclic amines) is 1. The van der Waals surface area contributed by atoms with Crippen LogP contribution in [0.25, 0.3) is 0 Å². The first kappa shape index (κ1) is 63.2. The number of hydrogen-bond donors (Lipinski definition) is 7. The number of aliphatic hydroxyl groups is 1. The van der Waals surface area contributed by atoms with Crippen LogP contribution in [0.5, 0.6) is 0 Å². The second kappa shape index (κ2) is 39.6. The van der Waals surface area contributed by atoms with E-state index in [9.17, 15) is 33.9 Å². The number of hydrazine groups is 1. The predicted molar refractivity (Wildman–Crippen MR) is 258 cm³/mol. The highest BCUT2D eigenvalue weighted by molar-refractivity contribution is 6.03. The predicted octanol–water partition coefficient (Wildman–Crippen LogP) is -0.724. The van der Waals surface area contributed by atoms with Gasteiger partial charge in [0.1, 0.15) is 6.04 Å². The molecule has 0 radical (unpaired) electrons. The number of carbonyl (C=O) groups excluding carboxylic acids is 5. The van der Waals surface area contributed by atoms with Gasteiger partial charge in [-0.05, 0) is 29.2 Å². The lowest BCUT2D eigenvalue weighted by atomic mass is 10.0. The van der Waals surface area contributed by atoms with Crippen LogP contribution in [-0.2, 0) is 89.3 Å². The number of imide groups is 1. The molecule has 72 heavy (non-hydrogen) atoms. The Labute approximate surface area is 421 Å². The zero-order chi connectivity index (χ0) is 52.8. The largest absolute Gasteiger partial charge is 0.481 e. The molecule has 25 heteroatoms. The second-order valence-corrected chi connectivity index (χ2v) is 16.5. The van der Waals surface area contributed by atoms with Gasteiger partial charge in [0.2, 0.25) is 29.5 Å². The summed E-state index contributed by atoms with van der Waals surface area (Å²) in [5, 5.41) is 27.7. The number of hydrogen-bond acceptors (Lipinski definition) is 20. The van der Waals surface area contributed by atoms with Gasteiger partial charge in [0.05, 0.1) is 170 Å². The van der Waals surface area contributed by atoms with E-state index in [0.29, 0.717) is 128 Å². The number of rotatable bonds is 45. The van der Waals surface area contributed by atoms with Crippen LogP contribution in [0.1, 0.15) is 51.2 Å². The van der Waals surface area contributed by atoms with Crippen molar-refractivity contribution in [1.82, 2.24) is 20.5 Å². The summed E-state index contributed by atoms with van der Waals surface area (Å²) in [5.74, 6) is 2.51. The van der Waals surface area contributed by atoms with Crippen molar-refractivity contribution in [3.63, 3.8) is 0 Å². The molecule has 2 atom stereocenters. The van der Waals surface area contributed by atoms with Crippen molar-refractivity contribution >= 4 is 41.2 Å². The number of ether oxygens (including phenoxy) is 10. The summed E-state index contributed by atoms with van der Waals surface area (Å²) in [4.78, 5) is 73.8. The van der Waals surface area contributed by atoms with E-state index in [2.05, 4.69) is 16.0 Å². The second-order valence-electron chi connectivity index (χ2n) is 16.5. The number of nitrogens with zero attached hydrogens (tertiary/aromatic N) is 2. The maximum atomic E-state index is 13.0. The van der Waals surface area contributed by atoms with Gasteiger partial charge in [-0.3, -0.25) is 33.7 Å². The normalized spacial score (nSPS) is 14.3. The van der Waals surface area contributed by atoms with Crippen LogP contribution in [-0.4, -0.2) is 207 Å². The summed E-state index contributed by atoms with van der Waals surface area (Å²) in [7, 11) is 0. The van der Waals surface area contributed by atoms with E-state index in [-0.39, 0.29) is 95.6 Å². The number of aliphatic hydroxyl groups excluding tert-OH is 1. The van der Waals surface area contributed by atoms with Crippen molar-refractivity contribution in [2.24, 2.45) is 23.4 Å². The monoisotopic (exact) mass is 1030 g/mol. The molecule has 1 fully saturated rings. The Bertz CT molecular complexity index is 1760. The Morgan fingerprint density at radius 2 is 1.25 bits per heavy atom. The Morgan fingerprint density at radius 1 is 0.736 bits per heavy atom. The quantitative estimate of drug-likeness (QED) is 0.0183. The number of nitrogens with two attached hydrogens (primary N) is 2. The van der Waals surface area contributed by atoms with E-state index < -0.39 is 29.7 Å². The molecule has 2 rings (SSSR count). The van der Waals surface area contributed by atoms with E-state index in [0.717, 1.165) is 4.90 Å². The molecule has 1 aliphatic heterocycles. The van der Waals surface area contributed by atoms with Gasteiger partial charge in [0.15, 0.2) is 0 Å². The van der Waals surface area contributed by atoms with Crippen LogP contribution >= 0.6 is 0 Å².